The second-order valence-electron chi connectivity index (χ2n) is 3.22. The van der Waals surface area contributed by atoms with Gasteiger partial charge in [0.2, 0.25) is 0 Å². The van der Waals surface area contributed by atoms with E-state index in [2.05, 4.69) is 20.8 Å². The Hall–Kier alpha value is -0.0400. The predicted octanol–water partition coefficient (Wildman–Crippen LogP) is 2.44. The number of rotatable bonds is 4. The molecule has 1 nitrogen and oxygen atoms in total. The second-order valence-corrected chi connectivity index (χ2v) is 3.22. The molecule has 62 valence electrons. The molecule has 0 aromatic carbocycles. The third-order valence-electron chi connectivity index (χ3n) is 2.57. The summed E-state index contributed by atoms with van der Waals surface area (Å²) in [4.78, 5) is 0. The Balaban J connectivity index is 3.69. The lowest BCUT2D eigenvalue weighted by Gasteiger charge is -2.22. The Morgan fingerprint density at radius 3 is 1.90 bits per heavy atom. The molecule has 1 heteroatoms. The molecule has 10 heavy (non-hydrogen) atoms. The molecule has 0 spiro atoms. The van der Waals surface area contributed by atoms with E-state index in [4.69, 9.17) is 0 Å². The average Bonchev–Trinajstić information content (AvgIpc) is 2.00. The predicted molar refractivity (Wildman–Crippen MR) is 44.9 cm³/mol. The van der Waals surface area contributed by atoms with E-state index < -0.39 is 0 Å². The normalized spacial score (nSPS) is 20.1. The zero-order valence-corrected chi connectivity index (χ0v) is 7.59. The molecule has 0 saturated carbocycles. The van der Waals surface area contributed by atoms with Gasteiger partial charge in [-0.05, 0) is 18.3 Å². The molecule has 0 saturated heterocycles. The number of hydrogen-bond acceptors (Lipinski definition) is 1. The summed E-state index contributed by atoms with van der Waals surface area (Å²) in [6.45, 7) is 8.53. The molecule has 0 aromatic rings. The summed E-state index contributed by atoms with van der Waals surface area (Å²) in [5.41, 5.74) is 0. The highest BCUT2D eigenvalue weighted by atomic mass is 16.3. The van der Waals surface area contributed by atoms with Crippen LogP contribution in [0.2, 0.25) is 0 Å². The minimum absolute atomic E-state index is 0.102. The van der Waals surface area contributed by atoms with E-state index in [0.717, 1.165) is 12.8 Å². The highest BCUT2D eigenvalue weighted by Crippen LogP contribution is 2.19. The van der Waals surface area contributed by atoms with Crippen LogP contribution in [-0.4, -0.2) is 11.2 Å². The van der Waals surface area contributed by atoms with Gasteiger partial charge in [-0.25, -0.2) is 0 Å². The first-order valence-corrected chi connectivity index (χ1v) is 4.31. The van der Waals surface area contributed by atoms with E-state index in [0.29, 0.717) is 11.8 Å². The monoisotopic (exact) mass is 144 g/mol. The van der Waals surface area contributed by atoms with Crippen LogP contribution in [-0.2, 0) is 0 Å². The molecule has 0 aliphatic heterocycles. The molecule has 2 unspecified atom stereocenters. The summed E-state index contributed by atoms with van der Waals surface area (Å²) < 4.78 is 0. The van der Waals surface area contributed by atoms with Crippen molar-refractivity contribution in [2.24, 2.45) is 11.8 Å². The Kier molecular flexibility index (Phi) is 4.71. The smallest absolute Gasteiger partial charge is 0.0565 e. The Morgan fingerprint density at radius 1 is 1.10 bits per heavy atom. The maximum Gasteiger partial charge on any atom is 0.0565 e. The Bertz CT molecular complexity index is 70.8. The molecule has 0 aliphatic rings. The van der Waals surface area contributed by atoms with Gasteiger partial charge in [0.05, 0.1) is 6.10 Å². The average molecular weight is 144 g/mol. The van der Waals surface area contributed by atoms with Gasteiger partial charge < -0.3 is 5.11 Å². The molecular weight excluding hydrogens is 124 g/mol. The summed E-state index contributed by atoms with van der Waals surface area (Å²) in [5.74, 6) is 1.10. The van der Waals surface area contributed by atoms with Crippen molar-refractivity contribution < 1.29 is 5.11 Å². The molecule has 0 fully saturated rings. The van der Waals surface area contributed by atoms with Gasteiger partial charge in [-0.3, -0.25) is 0 Å². The highest BCUT2D eigenvalue weighted by molar-refractivity contribution is 4.67. The Morgan fingerprint density at radius 2 is 1.60 bits per heavy atom. The molecule has 0 heterocycles. The topological polar surface area (TPSA) is 20.2 Å². The number of aliphatic hydroxyl groups is 1. The highest BCUT2D eigenvalue weighted by Gasteiger charge is 2.16. The fraction of sp³-hybridized carbons (Fsp3) is 1.00. The van der Waals surface area contributed by atoms with Gasteiger partial charge in [0, 0.05) is 0 Å². The minimum atomic E-state index is -0.102. The Labute approximate surface area is 64.5 Å². The summed E-state index contributed by atoms with van der Waals surface area (Å²) in [5, 5.41) is 9.43. The van der Waals surface area contributed by atoms with Gasteiger partial charge in [0.25, 0.3) is 0 Å². The van der Waals surface area contributed by atoms with E-state index in [1.165, 1.54) is 0 Å². The quantitative estimate of drug-likeness (QED) is 0.642. The van der Waals surface area contributed by atoms with Crippen molar-refractivity contribution in [3.05, 3.63) is 0 Å². The molecule has 0 rings (SSSR count). The van der Waals surface area contributed by atoms with Crippen molar-refractivity contribution in [1.29, 1.82) is 0 Å². The van der Waals surface area contributed by atoms with Crippen LogP contribution in [0.5, 0.6) is 0 Å². The SMILES string of the molecule is CCC(C)[C@@H](C)C(O)CC. The molecule has 3 atom stereocenters. The fourth-order valence-electron chi connectivity index (χ4n) is 1.12. The third kappa shape index (κ3) is 2.70. The first-order valence-electron chi connectivity index (χ1n) is 4.31. The first kappa shape index (κ1) is 9.96. The van der Waals surface area contributed by atoms with Gasteiger partial charge in [0.15, 0.2) is 0 Å². The lowest BCUT2D eigenvalue weighted by Crippen LogP contribution is -2.22. The summed E-state index contributed by atoms with van der Waals surface area (Å²) in [7, 11) is 0. The second kappa shape index (κ2) is 4.73. The van der Waals surface area contributed by atoms with Crippen molar-refractivity contribution in [3.63, 3.8) is 0 Å². The third-order valence-corrected chi connectivity index (χ3v) is 2.57. The summed E-state index contributed by atoms with van der Waals surface area (Å²) >= 11 is 0. The van der Waals surface area contributed by atoms with Crippen LogP contribution in [0.4, 0.5) is 0 Å². The molecule has 1 N–H and O–H groups in total. The van der Waals surface area contributed by atoms with Gasteiger partial charge in [-0.1, -0.05) is 34.1 Å². The largest absolute Gasteiger partial charge is 0.393 e. The summed E-state index contributed by atoms with van der Waals surface area (Å²) in [6.07, 6.45) is 1.94. The molecule has 0 bridgehead atoms. The van der Waals surface area contributed by atoms with Crippen molar-refractivity contribution in [3.8, 4) is 0 Å². The van der Waals surface area contributed by atoms with Crippen molar-refractivity contribution in [1.82, 2.24) is 0 Å². The lowest BCUT2D eigenvalue weighted by molar-refractivity contribution is 0.0827. The van der Waals surface area contributed by atoms with Crippen LogP contribution in [0, 0.1) is 11.8 Å². The van der Waals surface area contributed by atoms with Crippen LogP contribution < -0.4 is 0 Å². The van der Waals surface area contributed by atoms with Gasteiger partial charge >= 0.3 is 0 Å². The lowest BCUT2D eigenvalue weighted by atomic mass is 9.88. The van der Waals surface area contributed by atoms with E-state index in [1.807, 2.05) is 6.92 Å². The van der Waals surface area contributed by atoms with E-state index >= 15 is 0 Å². The van der Waals surface area contributed by atoms with Crippen molar-refractivity contribution in [2.75, 3.05) is 0 Å². The minimum Gasteiger partial charge on any atom is -0.393 e. The van der Waals surface area contributed by atoms with E-state index in [-0.39, 0.29) is 6.10 Å². The van der Waals surface area contributed by atoms with Gasteiger partial charge in [0.1, 0.15) is 0 Å². The standard InChI is InChI=1S/C9H20O/c1-5-7(3)8(4)9(10)6-2/h7-10H,5-6H2,1-4H3/t7?,8-,9?/m1/s1. The number of aliphatic hydroxyl groups excluding tert-OH is 1. The molecule has 0 aliphatic carbocycles. The maximum atomic E-state index is 9.43. The molecule has 0 aromatic heterocycles. The fourth-order valence-corrected chi connectivity index (χ4v) is 1.12. The summed E-state index contributed by atoms with van der Waals surface area (Å²) in [6, 6.07) is 0. The maximum absolute atomic E-state index is 9.43. The van der Waals surface area contributed by atoms with Gasteiger partial charge in [-0.2, -0.15) is 0 Å². The number of hydrogen-bond donors (Lipinski definition) is 1. The molecular formula is C9H20O. The van der Waals surface area contributed by atoms with Gasteiger partial charge in [-0.15, -0.1) is 0 Å². The van der Waals surface area contributed by atoms with Crippen LogP contribution in [0.15, 0.2) is 0 Å². The molecule has 0 amide bonds. The zero-order valence-electron chi connectivity index (χ0n) is 7.59. The van der Waals surface area contributed by atoms with Crippen LogP contribution in [0.25, 0.3) is 0 Å². The van der Waals surface area contributed by atoms with E-state index in [1.54, 1.807) is 0 Å². The first-order chi connectivity index (χ1) is 4.63. The van der Waals surface area contributed by atoms with Crippen LogP contribution in [0.1, 0.15) is 40.5 Å². The van der Waals surface area contributed by atoms with Crippen LogP contribution >= 0.6 is 0 Å². The van der Waals surface area contributed by atoms with Crippen molar-refractivity contribution >= 4 is 0 Å². The zero-order chi connectivity index (χ0) is 8.15. The van der Waals surface area contributed by atoms with Crippen LogP contribution in [0.3, 0.4) is 0 Å². The molecule has 0 radical (unpaired) electrons. The van der Waals surface area contributed by atoms with E-state index in [9.17, 15) is 5.11 Å². The van der Waals surface area contributed by atoms with Crippen molar-refractivity contribution in [2.45, 2.75) is 46.6 Å².